The average Bonchev–Trinajstić information content (AvgIpc) is 3.05. The minimum Gasteiger partial charge on any atom is -0.346 e. The third kappa shape index (κ3) is 2.57. The molecule has 144 valence electrons. The van der Waals surface area contributed by atoms with E-state index < -0.39 is 5.66 Å². The first-order valence-electron chi connectivity index (χ1n) is 9.13. The van der Waals surface area contributed by atoms with Gasteiger partial charge in [-0.2, -0.15) is 0 Å². The Hall–Kier alpha value is -2.67. The monoisotopic (exact) mass is 441 g/mol. The molecule has 2 aliphatic heterocycles. The summed E-state index contributed by atoms with van der Waals surface area (Å²) in [7, 11) is 1.59. The van der Waals surface area contributed by atoms with Gasteiger partial charge in [-0.3, -0.25) is 19.3 Å². The van der Waals surface area contributed by atoms with E-state index >= 15 is 0 Å². The van der Waals surface area contributed by atoms with Crippen molar-refractivity contribution >= 4 is 39.3 Å². The highest BCUT2D eigenvalue weighted by molar-refractivity contribution is 9.10. The van der Waals surface area contributed by atoms with Crippen LogP contribution in [0.5, 0.6) is 0 Å². The fraction of sp³-hybridized carbons (Fsp3) is 0.286. The number of hydrogen-bond donors (Lipinski definition) is 1. The van der Waals surface area contributed by atoms with Crippen LogP contribution in [0, 0.1) is 0 Å². The second-order valence-corrected chi connectivity index (χ2v) is 8.00. The summed E-state index contributed by atoms with van der Waals surface area (Å²) in [5.74, 6) is -0.771. The Kier molecular flexibility index (Phi) is 4.50. The first kappa shape index (κ1) is 18.7. The molecule has 2 aromatic rings. The number of carbonyl (C=O) groups excluding carboxylic acids is 3. The standard InChI is InChI=1S/C21H20BrN3O3/c1-13(14-7-3-5-9-16(14)22)23-20(28)21-12-11-18(26)25(21)17-10-6-4-8-15(17)19(27)24(21)2/h3-10,13H,11-12H2,1-2H3,(H,23,28)/t13-,21-/m0/s1. The molecule has 2 aliphatic rings. The summed E-state index contributed by atoms with van der Waals surface area (Å²) >= 11 is 3.51. The van der Waals surface area contributed by atoms with Crippen LogP contribution >= 0.6 is 15.9 Å². The van der Waals surface area contributed by atoms with Crippen molar-refractivity contribution in [2.75, 3.05) is 11.9 Å². The Morgan fingerprint density at radius 1 is 1.14 bits per heavy atom. The molecule has 2 atom stereocenters. The molecule has 0 unspecified atom stereocenters. The van der Waals surface area contributed by atoms with Gasteiger partial charge in [-0.25, -0.2) is 0 Å². The number of hydrogen-bond acceptors (Lipinski definition) is 3. The summed E-state index contributed by atoms with van der Waals surface area (Å²) in [6.45, 7) is 1.88. The summed E-state index contributed by atoms with van der Waals surface area (Å²) in [5, 5.41) is 3.01. The van der Waals surface area contributed by atoms with Crippen LogP contribution in [-0.4, -0.2) is 35.3 Å². The molecule has 0 aliphatic carbocycles. The molecule has 7 heteroatoms. The van der Waals surface area contributed by atoms with E-state index in [1.54, 1.807) is 31.3 Å². The minimum atomic E-state index is -1.35. The Morgan fingerprint density at radius 3 is 2.57 bits per heavy atom. The van der Waals surface area contributed by atoms with E-state index in [2.05, 4.69) is 21.2 Å². The smallest absolute Gasteiger partial charge is 0.267 e. The molecule has 2 heterocycles. The Bertz CT molecular complexity index is 992. The van der Waals surface area contributed by atoms with Crippen molar-refractivity contribution < 1.29 is 14.4 Å². The number of halogens is 1. The van der Waals surface area contributed by atoms with Gasteiger partial charge in [-0.05, 0) is 30.7 Å². The highest BCUT2D eigenvalue weighted by Crippen LogP contribution is 2.44. The van der Waals surface area contributed by atoms with E-state index in [1.165, 1.54) is 9.80 Å². The van der Waals surface area contributed by atoms with Crippen molar-refractivity contribution in [1.82, 2.24) is 10.2 Å². The lowest BCUT2D eigenvalue weighted by Crippen LogP contribution is -2.69. The number of carbonyl (C=O) groups is 3. The van der Waals surface area contributed by atoms with Gasteiger partial charge >= 0.3 is 0 Å². The molecule has 4 rings (SSSR count). The van der Waals surface area contributed by atoms with E-state index in [1.807, 2.05) is 31.2 Å². The number of benzene rings is 2. The Morgan fingerprint density at radius 2 is 1.82 bits per heavy atom. The first-order valence-corrected chi connectivity index (χ1v) is 9.93. The minimum absolute atomic E-state index is 0.157. The van der Waals surface area contributed by atoms with E-state index in [0.717, 1.165) is 10.0 Å². The van der Waals surface area contributed by atoms with Crippen molar-refractivity contribution in [1.29, 1.82) is 0 Å². The van der Waals surface area contributed by atoms with Crippen LogP contribution in [-0.2, 0) is 9.59 Å². The van der Waals surface area contributed by atoms with Crippen molar-refractivity contribution in [3.05, 3.63) is 64.1 Å². The van der Waals surface area contributed by atoms with Gasteiger partial charge in [0.2, 0.25) is 11.6 Å². The summed E-state index contributed by atoms with van der Waals surface area (Å²) in [6, 6.07) is 14.3. The van der Waals surface area contributed by atoms with Gasteiger partial charge in [-0.15, -0.1) is 0 Å². The van der Waals surface area contributed by atoms with Gasteiger partial charge < -0.3 is 10.2 Å². The van der Waals surface area contributed by atoms with Gasteiger partial charge in [0.25, 0.3) is 11.8 Å². The molecule has 1 fully saturated rings. The maximum Gasteiger partial charge on any atom is 0.267 e. The number of rotatable bonds is 3. The number of likely N-dealkylation sites (N-methyl/N-ethyl adjacent to an activating group) is 1. The van der Waals surface area contributed by atoms with Gasteiger partial charge in [-0.1, -0.05) is 46.3 Å². The topological polar surface area (TPSA) is 69.7 Å². The number of para-hydroxylation sites is 1. The molecule has 2 aromatic carbocycles. The molecular formula is C21H20BrN3O3. The van der Waals surface area contributed by atoms with Crippen molar-refractivity contribution in [2.24, 2.45) is 0 Å². The average molecular weight is 442 g/mol. The maximum atomic E-state index is 13.5. The third-order valence-electron chi connectivity index (χ3n) is 5.62. The predicted molar refractivity (Wildman–Crippen MR) is 109 cm³/mol. The van der Waals surface area contributed by atoms with E-state index in [4.69, 9.17) is 0 Å². The lowest BCUT2D eigenvalue weighted by Gasteiger charge is -2.47. The van der Waals surface area contributed by atoms with Crippen LogP contribution in [0.4, 0.5) is 5.69 Å². The lowest BCUT2D eigenvalue weighted by molar-refractivity contribution is -0.133. The zero-order valence-electron chi connectivity index (χ0n) is 15.6. The molecule has 0 bridgehead atoms. The SMILES string of the molecule is C[C@H](NC(=O)[C@]12CCC(=O)N1c1ccccc1C(=O)N2C)c1ccccc1Br. The molecule has 0 saturated carbocycles. The largest absolute Gasteiger partial charge is 0.346 e. The second-order valence-electron chi connectivity index (χ2n) is 7.14. The van der Waals surface area contributed by atoms with Crippen molar-refractivity contribution in [2.45, 2.75) is 31.5 Å². The summed E-state index contributed by atoms with van der Waals surface area (Å²) in [5.41, 5.74) is 0.505. The highest BCUT2D eigenvalue weighted by Gasteiger charge is 2.59. The third-order valence-corrected chi connectivity index (χ3v) is 6.35. The van der Waals surface area contributed by atoms with Crippen LogP contribution in [0.2, 0.25) is 0 Å². The molecule has 3 amide bonds. The van der Waals surface area contributed by atoms with Crippen LogP contribution in [0.1, 0.15) is 41.7 Å². The fourth-order valence-electron chi connectivity index (χ4n) is 4.14. The van der Waals surface area contributed by atoms with Gasteiger partial charge in [0.15, 0.2) is 0 Å². The summed E-state index contributed by atoms with van der Waals surface area (Å²) < 4.78 is 0.887. The zero-order valence-corrected chi connectivity index (χ0v) is 17.2. The van der Waals surface area contributed by atoms with Gasteiger partial charge in [0.1, 0.15) is 0 Å². The normalized spacial score (nSPS) is 22.0. The molecule has 1 saturated heterocycles. The maximum absolute atomic E-state index is 13.5. The van der Waals surface area contributed by atoms with Crippen LogP contribution in [0.3, 0.4) is 0 Å². The van der Waals surface area contributed by atoms with E-state index in [-0.39, 0.29) is 36.6 Å². The van der Waals surface area contributed by atoms with E-state index in [9.17, 15) is 14.4 Å². The van der Waals surface area contributed by atoms with Crippen molar-refractivity contribution in [3.8, 4) is 0 Å². The summed E-state index contributed by atoms with van der Waals surface area (Å²) in [6.07, 6.45) is 0.472. The van der Waals surface area contributed by atoms with Crippen molar-refractivity contribution in [3.63, 3.8) is 0 Å². The fourth-order valence-corrected chi connectivity index (χ4v) is 4.77. The molecule has 6 nitrogen and oxygen atoms in total. The Labute approximate surface area is 171 Å². The number of fused-ring (bicyclic) bond motifs is 3. The van der Waals surface area contributed by atoms with Gasteiger partial charge in [0, 0.05) is 24.4 Å². The quantitative estimate of drug-likeness (QED) is 0.794. The molecular weight excluding hydrogens is 422 g/mol. The number of anilines is 1. The highest BCUT2D eigenvalue weighted by atomic mass is 79.9. The zero-order chi connectivity index (χ0) is 20.1. The van der Waals surface area contributed by atoms with Gasteiger partial charge in [0.05, 0.1) is 17.3 Å². The second kappa shape index (κ2) is 6.74. The van der Waals surface area contributed by atoms with Crippen LogP contribution in [0.25, 0.3) is 0 Å². The summed E-state index contributed by atoms with van der Waals surface area (Å²) in [4.78, 5) is 42.1. The first-order chi connectivity index (χ1) is 13.4. The molecule has 28 heavy (non-hydrogen) atoms. The molecule has 1 N–H and O–H groups in total. The van der Waals surface area contributed by atoms with Crippen LogP contribution in [0.15, 0.2) is 53.0 Å². The molecule has 0 aromatic heterocycles. The number of nitrogens with zero attached hydrogens (tertiary/aromatic N) is 2. The molecule has 0 spiro atoms. The lowest BCUT2D eigenvalue weighted by atomic mass is 9.95. The van der Waals surface area contributed by atoms with E-state index in [0.29, 0.717) is 11.3 Å². The van der Waals surface area contributed by atoms with Crippen LogP contribution < -0.4 is 10.2 Å². The number of nitrogens with one attached hydrogen (secondary N) is 1. The number of amides is 3. The molecule has 0 radical (unpaired) electrons. The predicted octanol–water partition coefficient (Wildman–Crippen LogP) is 3.24. The Balaban J connectivity index is 1.75.